The molecular formula is C23H28N4OS2. The second-order valence-corrected chi connectivity index (χ2v) is 10.2. The number of rotatable bonds is 7. The number of aromatic nitrogens is 2. The van der Waals surface area contributed by atoms with E-state index in [9.17, 15) is 4.79 Å². The van der Waals surface area contributed by atoms with Gasteiger partial charge in [0, 0.05) is 10.9 Å². The second kappa shape index (κ2) is 9.35. The number of carbonyl (C=O) groups is 1. The van der Waals surface area contributed by atoms with Gasteiger partial charge in [-0.3, -0.25) is 4.79 Å². The van der Waals surface area contributed by atoms with Crippen LogP contribution in [0.1, 0.15) is 42.7 Å². The number of carbonyl (C=O) groups excluding carboxylic acids is 1. The third-order valence-corrected chi connectivity index (χ3v) is 7.61. The van der Waals surface area contributed by atoms with Crippen LogP contribution in [-0.2, 0) is 24.1 Å². The molecule has 0 saturated heterocycles. The molecule has 0 bridgehead atoms. The number of hydrogen-bond donors (Lipinski definition) is 2. The zero-order valence-corrected chi connectivity index (χ0v) is 19.1. The Kier molecular flexibility index (Phi) is 6.58. The van der Waals surface area contributed by atoms with Gasteiger partial charge in [0.15, 0.2) is 5.16 Å². The fraction of sp³-hybridized carbons (Fsp3) is 0.435. The van der Waals surface area contributed by atoms with Gasteiger partial charge in [0.25, 0.3) is 0 Å². The monoisotopic (exact) mass is 440 g/mol. The zero-order valence-electron chi connectivity index (χ0n) is 17.5. The number of nitrogens with two attached hydrogens (primary N) is 1. The van der Waals surface area contributed by atoms with Crippen molar-refractivity contribution in [2.45, 2.75) is 57.1 Å². The minimum absolute atomic E-state index is 0.00197. The maximum atomic E-state index is 12.4. The number of hydrogen-bond acceptors (Lipinski definition) is 6. The number of nitrogen functional groups attached to an aromatic ring is 1. The van der Waals surface area contributed by atoms with Crippen LogP contribution in [0.5, 0.6) is 0 Å². The first-order valence-corrected chi connectivity index (χ1v) is 12.3. The lowest BCUT2D eigenvalue weighted by atomic mass is 9.89. The Bertz CT molecular complexity index is 1030. The first kappa shape index (κ1) is 21.1. The van der Waals surface area contributed by atoms with Gasteiger partial charge in [-0.25, -0.2) is 9.97 Å². The molecular weight excluding hydrogens is 412 g/mol. The number of anilines is 1. The van der Waals surface area contributed by atoms with Gasteiger partial charge < -0.3 is 11.1 Å². The van der Waals surface area contributed by atoms with Crippen LogP contribution < -0.4 is 11.1 Å². The van der Waals surface area contributed by atoms with Gasteiger partial charge in [0.2, 0.25) is 5.91 Å². The average molecular weight is 441 g/mol. The van der Waals surface area contributed by atoms with Crippen LogP contribution in [0, 0.1) is 5.92 Å². The molecule has 1 aliphatic rings. The molecule has 30 heavy (non-hydrogen) atoms. The number of nitrogens with zero attached hydrogens (tertiary/aromatic N) is 2. The standard InChI is InChI=1S/C23H28N4OS2/c1-14-8-11-17-18(12-14)30-22-20(17)21(24)26-23(27-22)29-13-19(28)25-15(2)9-10-16-6-4-3-5-7-16/h3-7,14-15H,8-13H2,1-2H3,(H,25,28)(H2,24,26,27). The molecule has 5 nitrogen and oxygen atoms in total. The Morgan fingerprint density at radius 3 is 2.93 bits per heavy atom. The molecule has 2 heterocycles. The van der Waals surface area contributed by atoms with E-state index >= 15 is 0 Å². The Morgan fingerprint density at radius 1 is 1.33 bits per heavy atom. The highest BCUT2D eigenvalue weighted by Crippen LogP contribution is 2.39. The van der Waals surface area contributed by atoms with E-state index in [0.29, 0.717) is 22.6 Å². The highest BCUT2D eigenvalue weighted by atomic mass is 32.2. The summed E-state index contributed by atoms with van der Waals surface area (Å²) in [7, 11) is 0. The van der Waals surface area contributed by atoms with Crippen molar-refractivity contribution >= 4 is 45.0 Å². The number of amides is 1. The van der Waals surface area contributed by atoms with Crippen LogP contribution in [0.4, 0.5) is 5.82 Å². The predicted molar refractivity (Wildman–Crippen MR) is 126 cm³/mol. The molecule has 7 heteroatoms. The molecule has 0 fully saturated rings. The van der Waals surface area contributed by atoms with Gasteiger partial charge in [-0.2, -0.15) is 0 Å². The van der Waals surface area contributed by atoms with Crippen LogP contribution in [-0.4, -0.2) is 27.7 Å². The topological polar surface area (TPSA) is 80.9 Å². The van der Waals surface area contributed by atoms with E-state index in [1.807, 2.05) is 25.1 Å². The van der Waals surface area contributed by atoms with E-state index in [4.69, 9.17) is 10.7 Å². The van der Waals surface area contributed by atoms with E-state index in [0.717, 1.165) is 35.9 Å². The van der Waals surface area contributed by atoms with Gasteiger partial charge in [-0.15, -0.1) is 11.3 Å². The van der Waals surface area contributed by atoms with Gasteiger partial charge in [0.1, 0.15) is 10.6 Å². The van der Waals surface area contributed by atoms with Crippen molar-refractivity contribution in [2.24, 2.45) is 5.92 Å². The number of benzene rings is 1. The number of aryl methyl sites for hydroxylation is 2. The summed E-state index contributed by atoms with van der Waals surface area (Å²) in [5.74, 6) is 1.55. The summed E-state index contributed by atoms with van der Waals surface area (Å²) in [5, 5.41) is 4.69. The van der Waals surface area contributed by atoms with E-state index in [-0.39, 0.29) is 11.9 Å². The Labute approximate surface area is 185 Å². The first-order chi connectivity index (χ1) is 14.5. The summed E-state index contributed by atoms with van der Waals surface area (Å²) in [6.07, 6.45) is 5.21. The third kappa shape index (κ3) is 4.95. The molecule has 0 saturated carbocycles. The SMILES string of the molecule is CC1CCc2c(sc3nc(SCC(=O)NC(C)CCc4ccccc4)nc(N)c23)C1. The summed E-state index contributed by atoms with van der Waals surface area (Å²) < 4.78 is 0. The van der Waals surface area contributed by atoms with Crippen molar-refractivity contribution in [1.29, 1.82) is 0 Å². The van der Waals surface area contributed by atoms with Crippen LogP contribution >= 0.6 is 23.1 Å². The summed E-state index contributed by atoms with van der Waals surface area (Å²) in [4.78, 5) is 23.9. The van der Waals surface area contributed by atoms with Crippen molar-refractivity contribution in [2.75, 3.05) is 11.5 Å². The highest BCUT2D eigenvalue weighted by molar-refractivity contribution is 7.99. The third-order valence-electron chi connectivity index (χ3n) is 5.61. The lowest BCUT2D eigenvalue weighted by Crippen LogP contribution is -2.34. The molecule has 1 aliphatic carbocycles. The summed E-state index contributed by atoms with van der Waals surface area (Å²) >= 11 is 3.09. The molecule has 2 unspecified atom stereocenters. The molecule has 3 aromatic rings. The van der Waals surface area contributed by atoms with Crippen molar-refractivity contribution < 1.29 is 4.79 Å². The minimum atomic E-state index is 0.00197. The Balaban J connectivity index is 1.33. The lowest BCUT2D eigenvalue weighted by Gasteiger charge is -2.17. The summed E-state index contributed by atoms with van der Waals surface area (Å²) in [6, 6.07) is 10.5. The van der Waals surface area contributed by atoms with E-state index in [1.165, 1.54) is 34.2 Å². The van der Waals surface area contributed by atoms with Crippen LogP contribution in [0.2, 0.25) is 0 Å². The fourth-order valence-corrected chi connectivity index (χ4v) is 6.07. The van der Waals surface area contributed by atoms with Crippen LogP contribution in [0.15, 0.2) is 35.5 Å². The maximum absolute atomic E-state index is 12.4. The molecule has 0 spiro atoms. The molecule has 3 N–H and O–H groups in total. The van der Waals surface area contributed by atoms with E-state index in [1.54, 1.807) is 11.3 Å². The van der Waals surface area contributed by atoms with Gasteiger partial charge in [-0.1, -0.05) is 49.0 Å². The minimum Gasteiger partial charge on any atom is -0.383 e. The average Bonchev–Trinajstić information content (AvgIpc) is 3.09. The highest BCUT2D eigenvalue weighted by Gasteiger charge is 2.23. The van der Waals surface area contributed by atoms with Crippen LogP contribution in [0.3, 0.4) is 0 Å². The Morgan fingerprint density at radius 2 is 2.13 bits per heavy atom. The first-order valence-electron chi connectivity index (χ1n) is 10.5. The molecule has 1 amide bonds. The molecule has 2 aromatic heterocycles. The van der Waals surface area contributed by atoms with Gasteiger partial charge >= 0.3 is 0 Å². The second-order valence-electron chi connectivity index (χ2n) is 8.20. The molecule has 4 rings (SSSR count). The van der Waals surface area contributed by atoms with Gasteiger partial charge in [-0.05, 0) is 56.1 Å². The van der Waals surface area contributed by atoms with Crippen molar-refractivity contribution in [3.05, 3.63) is 46.3 Å². The largest absolute Gasteiger partial charge is 0.383 e. The van der Waals surface area contributed by atoms with E-state index < -0.39 is 0 Å². The van der Waals surface area contributed by atoms with Crippen LogP contribution in [0.25, 0.3) is 10.2 Å². The molecule has 1 aromatic carbocycles. The van der Waals surface area contributed by atoms with Gasteiger partial charge in [0.05, 0.1) is 11.1 Å². The van der Waals surface area contributed by atoms with E-state index in [2.05, 4.69) is 29.4 Å². The molecule has 0 radical (unpaired) electrons. The lowest BCUT2D eigenvalue weighted by molar-refractivity contribution is -0.119. The number of fused-ring (bicyclic) bond motifs is 3. The molecule has 158 valence electrons. The quantitative estimate of drug-likeness (QED) is 0.414. The summed E-state index contributed by atoms with van der Waals surface area (Å²) in [5.41, 5.74) is 8.91. The smallest absolute Gasteiger partial charge is 0.230 e. The normalized spacial score (nSPS) is 16.9. The fourth-order valence-electron chi connectivity index (χ4n) is 3.96. The predicted octanol–water partition coefficient (Wildman–Crippen LogP) is 4.63. The number of nitrogens with one attached hydrogen (secondary N) is 1. The Hall–Kier alpha value is -2.12. The number of thiophene rings is 1. The van der Waals surface area contributed by atoms with Crippen molar-refractivity contribution in [1.82, 2.24) is 15.3 Å². The van der Waals surface area contributed by atoms with Crippen molar-refractivity contribution in [3.8, 4) is 0 Å². The summed E-state index contributed by atoms with van der Waals surface area (Å²) in [6.45, 7) is 4.34. The maximum Gasteiger partial charge on any atom is 0.230 e. The van der Waals surface area contributed by atoms with Crippen molar-refractivity contribution in [3.63, 3.8) is 0 Å². The number of thioether (sulfide) groups is 1. The zero-order chi connectivity index (χ0) is 21.1. The molecule has 0 aliphatic heterocycles. The molecule has 2 atom stereocenters.